The van der Waals surface area contributed by atoms with Crippen LogP contribution in [0.25, 0.3) is 11.3 Å². The lowest BCUT2D eigenvalue weighted by Gasteiger charge is -2.27. The van der Waals surface area contributed by atoms with Crippen LogP contribution in [0.4, 0.5) is 0 Å². The highest BCUT2D eigenvalue weighted by atomic mass is 35.5. The van der Waals surface area contributed by atoms with Gasteiger partial charge in [0.25, 0.3) is 5.91 Å². The molecule has 0 radical (unpaired) electrons. The third kappa shape index (κ3) is 4.06. The molecule has 1 N–H and O–H groups in total. The topological polar surface area (TPSA) is 58.2 Å². The number of aromatic nitrogens is 2. The van der Waals surface area contributed by atoms with Crippen molar-refractivity contribution in [3.63, 3.8) is 0 Å². The molecule has 1 atom stereocenters. The molecule has 5 rings (SSSR count). The number of halogens is 2. The van der Waals surface area contributed by atoms with E-state index in [1.54, 1.807) is 19.2 Å². The van der Waals surface area contributed by atoms with E-state index in [0.717, 1.165) is 39.3 Å². The summed E-state index contributed by atoms with van der Waals surface area (Å²) in [4.78, 5) is 15.4. The van der Waals surface area contributed by atoms with Crippen molar-refractivity contribution >= 4 is 29.1 Å². The first-order chi connectivity index (χ1) is 16.5. The van der Waals surface area contributed by atoms with Gasteiger partial charge in [0.1, 0.15) is 11.4 Å². The van der Waals surface area contributed by atoms with Crippen molar-refractivity contribution in [2.45, 2.75) is 19.4 Å². The molecule has 3 aromatic carbocycles. The van der Waals surface area contributed by atoms with Crippen LogP contribution >= 0.6 is 23.2 Å². The van der Waals surface area contributed by atoms with Crippen molar-refractivity contribution in [3.05, 3.63) is 105 Å². The number of amides is 1. The molecular weight excluding hydrogens is 469 g/mol. The Labute approximate surface area is 208 Å². The number of aromatic amines is 1. The average Bonchev–Trinajstić information content (AvgIpc) is 3.38. The molecule has 34 heavy (non-hydrogen) atoms. The van der Waals surface area contributed by atoms with E-state index in [1.807, 2.05) is 66.4 Å². The zero-order valence-corrected chi connectivity index (χ0v) is 20.3. The summed E-state index contributed by atoms with van der Waals surface area (Å²) in [6.45, 7) is 2.56. The highest BCUT2D eigenvalue weighted by Gasteiger charge is 2.42. The van der Waals surface area contributed by atoms with Gasteiger partial charge in [0.05, 0.1) is 18.8 Å². The van der Waals surface area contributed by atoms with E-state index >= 15 is 0 Å². The van der Waals surface area contributed by atoms with Gasteiger partial charge in [-0.15, -0.1) is 0 Å². The number of nitrogens with one attached hydrogen (secondary N) is 1. The van der Waals surface area contributed by atoms with Crippen LogP contribution in [0.1, 0.15) is 38.8 Å². The number of rotatable bonds is 6. The van der Waals surface area contributed by atoms with Crippen LogP contribution in [0.3, 0.4) is 0 Å². The number of carbonyl (C=O) groups excluding carboxylic acids is 1. The summed E-state index contributed by atoms with van der Waals surface area (Å²) in [5.74, 6) is 0.709. The van der Waals surface area contributed by atoms with E-state index in [9.17, 15) is 4.79 Å². The molecule has 7 heteroatoms. The van der Waals surface area contributed by atoms with Crippen molar-refractivity contribution in [3.8, 4) is 17.0 Å². The molecule has 1 aliphatic rings. The molecule has 0 spiro atoms. The fraction of sp³-hybridized carbons (Fsp3) is 0.185. The smallest absolute Gasteiger partial charge is 0.273 e. The van der Waals surface area contributed by atoms with Gasteiger partial charge in [0.15, 0.2) is 0 Å². The van der Waals surface area contributed by atoms with Crippen LogP contribution < -0.4 is 4.74 Å². The Bertz CT molecular complexity index is 1350. The van der Waals surface area contributed by atoms with E-state index in [1.165, 1.54) is 0 Å². The predicted molar refractivity (Wildman–Crippen MR) is 135 cm³/mol. The zero-order chi connectivity index (χ0) is 23.8. The van der Waals surface area contributed by atoms with Crippen LogP contribution in [0, 0.1) is 6.92 Å². The van der Waals surface area contributed by atoms with E-state index < -0.39 is 0 Å². The largest absolute Gasteiger partial charge is 0.497 e. The van der Waals surface area contributed by atoms with Gasteiger partial charge in [0.2, 0.25) is 0 Å². The molecule has 0 aliphatic carbocycles. The summed E-state index contributed by atoms with van der Waals surface area (Å²) in [5, 5.41) is 8.59. The number of ether oxygens (including phenoxy) is 1. The van der Waals surface area contributed by atoms with E-state index in [0.29, 0.717) is 28.7 Å². The molecule has 0 saturated carbocycles. The van der Waals surface area contributed by atoms with Gasteiger partial charge in [-0.2, -0.15) is 5.10 Å². The maximum atomic E-state index is 13.5. The number of H-pyrrole nitrogens is 1. The molecule has 1 aromatic heterocycles. The number of carbonyl (C=O) groups is 1. The second kappa shape index (κ2) is 9.16. The molecule has 172 valence electrons. The van der Waals surface area contributed by atoms with Crippen LogP contribution in [0.15, 0.2) is 66.7 Å². The van der Waals surface area contributed by atoms with Crippen LogP contribution in [0.5, 0.6) is 5.75 Å². The molecule has 1 unspecified atom stereocenters. The summed E-state index contributed by atoms with van der Waals surface area (Å²) in [6, 6.07) is 21.1. The lowest BCUT2D eigenvalue weighted by Crippen LogP contribution is -2.31. The van der Waals surface area contributed by atoms with Gasteiger partial charge in [0, 0.05) is 27.7 Å². The van der Waals surface area contributed by atoms with Gasteiger partial charge in [-0.3, -0.25) is 9.89 Å². The fourth-order valence-corrected chi connectivity index (χ4v) is 4.96. The molecule has 1 aliphatic heterocycles. The number of hydrogen-bond donors (Lipinski definition) is 1. The SMILES string of the molecule is COc1ccc(CCN2C(=O)c3[nH]nc(-c4ccc(C)cc4)c3C2c2ccc(Cl)cc2Cl)cc1. The normalized spacial score (nSPS) is 15.0. The average molecular weight is 492 g/mol. The minimum atomic E-state index is -0.374. The first kappa shape index (κ1) is 22.5. The molecule has 0 saturated heterocycles. The fourth-order valence-electron chi connectivity index (χ4n) is 4.45. The zero-order valence-electron chi connectivity index (χ0n) is 18.8. The molecule has 0 fully saturated rings. The number of benzene rings is 3. The third-order valence-corrected chi connectivity index (χ3v) is 6.81. The molecule has 0 bridgehead atoms. The van der Waals surface area contributed by atoms with E-state index in [4.69, 9.17) is 27.9 Å². The quantitative estimate of drug-likeness (QED) is 0.335. The Kier molecular flexibility index (Phi) is 6.07. The Morgan fingerprint density at radius 1 is 1.03 bits per heavy atom. The van der Waals surface area contributed by atoms with Crippen molar-refractivity contribution in [1.29, 1.82) is 0 Å². The highest BCUT2D eigenvalue weighted by Crippen LogP contribution is 2.45. The maximum absolute atomic E-state index is 13.5. The van der Waals surface area contributed by atoms with E-state index in [-0.39, 0.29) is 11.9 Å². The second-order valence-corrected chi connectivity index (χ2v) is 9.24. The molecule has 5 nitrogen and oxygen atoms in total. The van der Waals surface area contributed by atoms with Crippen molar-refractivity contribution in [2.75, 3.05) is 13.7 Å². The third-order valence-electron chi connectivity index (χ3n) is 6.25. The Hall–Kier alpha value is -3.28. The maximum Gasteiger partial charge on any atom is 0.273 e. The number of methoxy groups -OCH3 is 1. The summed E-state index contributed by atoms with van der Waals surface area (Å²) in [5.41, 5.74) is 6.14. The second-order valence-electron chi connectivity index (χ2n) is 8.39. The minimum Gasteiger partial charge on any atom is -0.497 e. The molecular formula is C27H23Cl2N3O2. The summed E-state index contributed by atoms with van der Waals surface area (Å²) in [6.07, 6.45) is 0.689. The van der Waals surface area contributed by atoms with Gasteiger partial charge < -0.3 is 9.64 Å². The number of hydrogen-bond acceptors (Lipinski definition) is 3. The first-order valence-corrected chi connectivity index (χ1v) is 11.8. The minimum absolute atomic E-state index is 0.0922. The lowest BCUT2D eigenvalue weighted by molar-refractivity contribution is 0.0746. The van der Waals surface area contributed by atoms with Gasteiger partial charge in [-0.05, 0) is 48.7 Å². The van der Waals surface area contributed by atoms with Crippen LogP contribution in [0.2, 0.25) is 10.0 Å². The van der Waals surface area contributed by atoms with Crippen molar-refractivity contribution < 1.29 is 9.53 Å². The molecule has 2 heterocycles. The Morgan fingerprint density at radius 3 is 2.44 bits per heavy atom. The molecule has 1 amide bonds. The molecule has 4 aromatic rings. The summed E-state index contributed by atoms with van der Waals surface area (Å²) in [7, 11) is 1.64. The summed E-state index contributed by atoms with van der Waals surface area (Å²) >= 11 is 12.8. The predicted octanol–water partition coefficient (Wildman–Crippen LogP) is 6.49. The van der Waals surface area contributed by atoms with Gasteiger partial charge in [-0.1, -0.05) is 71.2 Å². The lowest BCUT2D eigenvalue weighted by atomic mass is 9.95. The Morgan fingerprint density at radius 2 is 1.76 bits per heavy atom. The highest BCUT2D eigenvalue weighted by molar-refractivity contribution is 6.35. The van der Waals surface area contributed by atoms with Crippen LogP contribution in [-0.2, 0) is 6.42 Å². The summed E-state index contributed by atoms with van der Waals surface area (Å²) < 4.78 is 5.26. The van der Waals surface area contributed by atoms with Crippen molar-refractivity contribution in [1.82, 2.24) is 15.1 Å². The van der Waals surface area contributed by atoms with Gasteiger partial charge >= 0.3 is 0 Å². The monoisotopic (exact) mass is 491 g/mol. The number of nitrogens with zero attached hydrogens (tertiary/aromatic N) is 2. The Balaban J connectivity index is 1.56. The number of fused-ring (bicyclic) bond motifs is 1. The standard InChI is InChI=1S/C27H23Cl2N3O2/c1-16-3-7-18(8-4-16)24-23-25(31-30-24)27(33)32(14-13-17-5-10-20(34-2)11-6-17)26(23)21-12-9-19(28)15-22(21)29/h3-12,15,26H,13-14H2,1-2H3,(H,30,31). The van der Waals surface area contributed by atoms with E-state index in [2.05, 4.69) is 10.2 Å². The van der Waals surface area contributed by atoms with Crippen LogP contribution in [-0.4, -0.2) is 34.7 Å². The van der Waals surface area contributed by atoms with Gasteiger partial charge in [-0.25, -0.2) is 0 Å². The number of aryl methyl sites for hydroxylation is 1. The van der Waals surface area contributed by atoms with Crippen molar-refractivity contribution in [2.24, 2.45) is 0 Å². The first-order valence-electron chi connectivity index (χ1n) is 11.0.